The monoisotopic (exact) mass is 358 g/mol. The van der Waals surface area contributed by atoms with Gasteiger partial charge in [-0.1, -0.05) is 6.07 Å². The Bertz CT molecular complexity index is 520. The maximum absolute atomic E-state index is 13.6. The number of carbonyl (C=O) groups is 1. The highest BCUT2D eigenvalue weighted by atomic mass is 35.5. The first-order valence-electron chi connectivity index (χ1n) is 8.38. The third-order valence-corrected chi connectivity index (χ3v) is 4.61. The lowest BCUT2D eigenvalue weighted by atomic mass is 9.93. The summed E-state index contributed by atoms with van der Waals surface area (Å²) in [5.41, 5.74) is 0.834. The predicted molar refractivity (Wildman–Crippen MR) is 96.4 cm³/mol. The Hall–Kier alpha value is -1.33. The Balaban J connectivity index is 0.00000288. The molecule has 1 fully saturated rings. The Morgan fingerprint density at radius 3 is 2.67 bits per heavy atom. The van der Waals surface area contributed by atoms with Crippen LogP contribution in [0.15, 0.2) is 18.2 Å². The van der Waals surface area contributed by atoms with Gasteiger partial charge in [0, 0.05) is 19.5 Å². The maximum Gasteiger partial charge on any atom is 0.222 e. The number of rotatable bonds is 7. The fourth-order valence-electron chi connectivity index (χ4n) is 3.09. The van der Waals surface area contributed by atoms with E-state index in [4.69, 9.17) is 4.74 Å². The molecule has 24 heavy (non-hydrogen) atoms. The minimum atomic E-state index is -0.372. The van der Waals surface area contributed by atoms with Crippen LogP contribution in [-0.4, -0.2) is 44.6 Å². The van der Waals surface area contributed by atoms with E-state index in [0.29, 0.717) is 12.8 Å². The SMILES string of the molecule is CNCCC1CCN(C(=O)CCc2ccc(OC)c(F)c2)CC1.Cl. The van der Waals surface area contributed by atoms with E-state index < -0.39 is 0 Å². The van der Waals surface area contributed by atoms with Crippen molar-refractivity contribution in [3.05, 3.63) is 29.6 Å². The molecule has 0 spiro atoms. The largest absolute Gasteiger partial charge is 0.494 e. The molecule has 0 unspecified atom stereocenters. The van der Waals surface area contributed by atoms with E-state index in [9.17, 15) is 9.18 Å². The molecule has 1 saturated heterocycles. The molecule has 1 aromatic rings. The zero-order valence-corrected chi connectivity index (χ0v) is 15.3. The topological polar surface area (TPSA) is 41.6 Å². The normalized spacial score (nSPS) is 15.0. The number of methoxy groups -OCH3 is 1. The van der Waals surface area contributed by atoms with Gasteiger partial charge in [0.2, 0.25) is 5.91 Å². The fraction of sp³-hybridized carbons (Fsp3) is 0.611. The average molecular weight is 359 g/mol. The summed E-state index contributed by atoms with van der Waals surface area (Å²) in [6.07, 6.45) is 4.37. The van der Waals surface area contributed by atoms with Gasteiger partial charge in [-0.3, -0.25) is 4.79 Å². The third-order valence-electron chi connectivity index (χ3n) is 4.61. The zero-order valence-electron chi connectivity index (χ0n) is 14.5. The van der Waals surface area contributed by atoms with Crippen molar-refractivity contribution in [1.29, 1.82) is 0 Å². The summed E-state index contributed by atoms with van der Waals surface area (Å²) in [5.74, 6) is 0.766. The lowest BCUT2D eigenvalue weighted by molar-refractivity contribution is -0.132. The van der Waals surface area contributed by atoms with E-state index in [-0.39, 0.29) is 29.9 Å². The molecule has 0 bridgehead atoms. The van der Waals surface area contributed by atoms with E-state index >= 15 is 0 Å². The van der Waals surface area contributed by atoms with Gasteiger partial charge in [-0.2, -0.15) is 0 Å². The Labute approximate surface area is 150 Å². The number of ether oxygens (including phenoxy) is 1. The van der Waals surface area contributed by atoms with E-state index in [0.717, 1.165) is 44.0 Å². The van der Waals surface area contributed by atoms with Crippen LogP contribution in [0.2, 0.25) is 0 Å². The molecule has 6 heteroatoms. The minimum absolute atomic E-state index is 0. The van der Waals surface area contributed by atoms with E-state index in [1.54, 1.807) is 6.07 Å². The number of amides is 1. The smallest absolute Gasteiger partial charge is 0.222 e. The Kier molecular flexibility index (Phi) is 9.08. The predicted octanol–water partition coefficient (Wildman–Crippen LogP) is 3.04. The van der Waals surface area contributed by atoms with Crippen LogP contribution < -0.4 is 10.1 Å². The van der Waals surface area contributed by atoms with Crippen molar-refractivity contribution in [3.8, 4) is 5.75 Å². The molecule has 1 N–H and O–H groups in total. The average Bonchev–Trinajstić information content (AvgIpc) is 2.58. The van der Waals surface area contributed by atoms with Gasteiger partial charge in [0.1, 0.15) is 0 Å². The van der Waals surface area contributed by atoms with E-state index in [2.05, 4.69) is 5.32 Å². The Morgan fingerprint density at radius 1 is 1.38 bits per heavy atom. The van der Waals surface area contributed by atoms with Gasteiger partial charge >= 0.3 is 0 Å². The quantitative estimate of drug-likeness (QED) is 0.814. The van der Waals surface area contributed by atoms with Gasteiger partial charge < -0.3 is 15.0 Å². The molecule has 0 saturated carbocycles. The van der Waals surface area contributed by atoms with Crippen LogP contribution in [0.1, 0.15) is 31.2 Å². The number of nitrogens with zero attached hydrogens (tertiary/aromatic N) is 1. The first kappa shape index (κ1) is 20.7. The first-order valence-corrected chi connectivity index (χ1v) is 8.38. The molecular weight excluding hydrogens is 331 g/mol. The molecular formula is C18H28ClFN2O2. The van der Waals surface area contributed by atoms with Crippen LogP contribution in [0, 0.1) is 11.7 Å². The lowest BCUT2D eigenvalue weighted by Gasteiger charge is -2.32. The summed E-state index contributed by atoms with van der Waals surface area (Å²) in [7, 11) is 3.42. The number of piperidine rings is 1. The zero-order chi connectivity index (χ0) is 16.7. The molecule has 0 aromatic heterocycles. The van der Waals surface area contributed by atoms with Crippen LogP contribution in [0.3, 0.4) is 0 Å². The molecule has 2 rings (SSSR count). The van der Waals surface area contributed by atoms with Gasteiger partial charge in [0.15, 0.2) is 11.6 Å². The summed E-state index contributed by atoms with van der Waals surface area (Å²) in [6, 6.07) is 4.89. The number of likely N-dealkylation sites (tertiary alicyclic amines) is 1. The van der Waals surface area contributed by atoms with E-state index in [1.165, 1.54) is 19.6 Å². The highest BCUT2D eigenvalue weighted by Crippen LogP contribution is 2.22. The minimum Gasteiger partial charge on any atom is -0.494 e. The number of nitrogens with one attached hydrogen (secondary N) is 1. The van der Waals surface area contributed by atoms with Gasteiger partial charge in [-0.05, 0) is 62.9 Å². The maximum atomic E-state index is 13.6. The Morgan fingerprint density at radius 2 is 2.08 bits per heavy atom. The molecule has 1 heterocycles. The highest BCUT2D eigenvalue weighted by molar-refractivity contribution is 5.85. The van der Waals surface area contributed by atoms with Crippen molar-refractivity contribution in [2.24, 2.45) is 5.92 Å². The van der Waals surface area contributed by atoms with Gasteiger partial charge in [0.25, 0.3) is 0 Å². The number of aryl methyl sites for hydroxylation is 1. The van der Waals surface area contributed by atoms with Gasteiger partial charge in [-0.15, -0.1) is 12.4 Å². The first-order chi connectivity index (χ1) is 11.1. The molecule has 0 aliphatic carbocycles. The number of halogens is 2. The lowest BCUT2D eigenvalue weighted by Crippen LogP contribution is -2.39. The van der Waals surface area contributed by atoms with Crippen LogP contribution >= 0.6 is 12.4 Å². The second-order valence-electron chi connectivity index (χ2n) is 6.19. The molecule has 4 nitrogen and oxygen atoms in total. The third kappa shape index (κ3) is 5.95. The van der Waals surface area contributed by atoms with Gasteiger partial charge in [0.05, 0.1) is 7.11 Å². The van der Waals surface area contributed by atoms with Crippen molar-refractivity contribution >= 4 is 18.3 Å². The highest BCUT2D eigenvalue weighted by Gasteiger charge is 2.22. The number of hydrogen-bond acceptors (Lipinski definition) is 3. The molecule has 1 amide bonds. The number of hydrogen-bond donors (Lipinski definition) is 1. The van der Waals surface area contributed by atoms with Crippen LogP contribution in [-0.2, 0) is 11.2 Å². The molecule has 1 aliphatic rings. The van der Waals surface area contributed by atoms with Crippen LogP contribution in [0.25, 0.3) is 0 Å². The van der Waals surface area contributed by atoms with Crippen molar-refractivity contribution in [2.45, 2.75) is 32.1 Å². The molecule has 0 atom stereocenters. The standard InChI is InChI=1S/C18H27FN2O2.ClH/c1-20-10-7-14-8-11-21(12-9-14)18(22)6-4-15-3-5-17(23-2)16(19)13-15;/h3,5,13-14,20H,4,6-12H2,1-2H3;1H. The van der Waals surface area contributed by atoms with Crippen LogP contribution in [0.4, 0.5) is 4.39 Å². The summed E-state index contributed by atoms with van der Waals surface area (Å²) < 4.78 is 18.6. The van der Waals surface area contributed by atoms with Crippen LogP contribution in [0.5, 0.6) is 5.75 Å². The van der Waals surface area contributed by atoms with E-state index in [1.807, 2.05) is 18.0 Å². The summed E-state index contributed by atoms with van der Waals surface area (Å²) in [6.45, 7) is 2.75. The molecule has 136 valence electrons. The number of carbonyl (C=O) groups excluding carboxylic acids is 1. The van der Waals surface area contributed by atoms with Crippen molar-refractivity contribution in [1.82, 2.24) is 10.2 Å². The van der Waals surface area contributed by atoms with Crippen molar-refractivity contribution < 1.29 is 13.9 Å². The molecule has 1 aromatic carbocycles. The summed E-state index contributed by atoms with van der Waals surface area (Å²) >= 11 is 0. The molecule has 0 radical (unpaired) electrons. The second-order valence-corrected chi connectivity index (χ2v) is 6.19. The summed E-state index contributed by atoms with van der Waals surface area (Å²) in [5, 5.41) is 3.18. The number of benzene rings is 1. The molecule has 1 aliphatic heterocycles. The fourth-order valence-corrected chi connectivity index (χ4v) is 3.09. The van der Waals surface area contributed by atoms with Crippen molar-refractivity contribution in [2.75, 3.05) is 33.8 Å². The summed E-state index contributed by atoms with van der Waals surface area (Å²) in [4.78, 5) is 14.2. The van der Waals surface area contributed by atoms with Crippen molar-refractivity contribution in [3.63, 3.8) is 0 Å². The second kappa shape index (κ2) is 10.5. The van der Waals surface area contributed by atoms with Gasteiger partial charge in [-0.25, -0.2) is 4.39 Å².